The van der Waals surface area contributed by atoms with Crippen molar-refractivity contribution in [3.05, 3.63) is 88.2 Å². The number of hydrogen-bond acceptors (Lipinski definition) is 3. The molecule has 0 saturated carbocycles. The SMILES string of the molecule is Cn1c(=NC(=O)c2ccccc2Oc2ccccc2)sc2cc(Cl)ccc21. The first-order valence-corrected chi connectivity index (χ1v) is 9.47. The van der Waals surface area contributed by atoms with Gasteiger partial charge in [-0.3, -0.25) is 4.79 Å². The number of carbonyl (C=O) groups is 1. The van der Waals surface area contributed by atoms with E-state index in [4.69, 9.17) is 16.3 Å². The molecule has 0 bridgehead atoms. The number of nitrogens with zero attached hydrogens (tertiary/aromatic N) is 2. The molecule has 3 aromatic carbocycles. The van der Waals surface area contributed by atoms with E-state index in [1.165, 1.54) is 11.3 Å². The summed E-state index contributed by atoms with van der Waals surface area (Å²) in [5, 5.41) is 0.656. The van der Waals surface area contributed by atoms with Gasteiger partial charge in [0.2, 0.25) is 0 Å². The second kappa shape index (κ2) is 7.39. The van der Waals surface area contributed by atoms with E-state index in [2.05, 4.69) is 4.99 Å². The topological polar surface area (TPSA) is 43.6 Å². The molecule has 0 atom stereocenters. The van der Waals surface area contributed by atoms with Gasteiger partial charge in [0.25, 0.3) is 5.91 Å². The number of fused-ring (bicyclic) bond motifs is 1. The number of benzene rings is 3. The third-order valence-corrected chi connectivity index (χ3v) is 5.39. The molecule has 6 heteroatoms. The Kier molecular flexibility index (Phi) is 4.79. The summed E-state index contributed by atoms with van der Waals surface area (Å²) in [6.07, 6.45) is 0. The van der Waals surface area contributed by atoms with E-state index in [1.807, 2.05) is 66.2 Å². The molecule has 0 aliphatic carbocycles. The molecule has 4 rings (SSSR count). The lowest BCUT2D eigenvalue weighted by atomic mass is 10.2. The average Bonchev–Trinajstić information content (AvgIpc) is 2.97. The fourth-order valence-electron chi connectivity index (χ4n) is 2.71. The van der Waals surface area contributed by atoms with Gasteiger partial charge in [-0.2, -0.15) is 4.99 Å². The Balaban J connectivity index is 1.74. The molecular formula is C21H15ClN2O2S. The van der Waals surface area contributed by atoms with Crippen molar-refractivity contribution in [2.24, 2.45) is 12.0 Å². The van der Waals surface area contributed by atoms with Crippen molar-refractivity contribution in [2.75, 3.05) is 0 Å². The lowest BCUT2D eigenvalue weighted by Crippen LogP contribution is -2.13. The lowest BCUT2D eigenvalue weighted by Gasteiger charge is -2.08. The summed E-state index contributed by atoms with van der Waals surface area (Å²) in [6.45, 7) is 0. The van der Waals surface area contributed by atoms with Crippen molar-refractivity contribution >= 4 is 39.1 Å². The Hall–Kier alpha value is -2.89. The minimum Gasteiger partial charge on any atom is -0.457 e. The molecule has 1 aromatic heterocycles. The molecule has 0 unspecified atom stereocenters. The summed E-state index contributed by atoms with van der Waals surface area (Å²) in [5.41, 5.74) is 1.39. The van der Waals surface area contributed by atoms with Crippen LogP contribution in [0.2, 0.25) is 5.02 Å². The summed E-state index contributed by atoms with van der Waals surface area (Å²) < 4.78 is 8.73. The maximum absolute atomic E-state index is 12.8. The second-order valence-corrected chi connectivity index (χ2v) is 7.33. The predicted molar refractivity (Wildman–Crippen MR) is 109 cm³/mol. The molecule has 0 saturated heterocycles. The molecule has 4 nitrogen and oxygen atoms in total. The van der Waals surface area contributed by atoms with Gasteiger partial charge in [-0.15, -0.1) is 0 Å². The average molecular weight is 395 g/mol. The summed E-state index contributed by atoms with van der Waals surface area (Å²) in [5.74, 6) is 0.791. The number of thiazole rings is 1. The lowest BCUT2D eigenvalue weighted by molar-refractivity contribution is 0.0995. The fourth-order valence-corrected chi connectivity index (χ4v) is 4.00. The summed E-state index contributed by atoms with van der Waals surface area (Å²) >= 11 is 7.48. The molecule has 0 aliphatic rings. The number of para-hydroxylation sites is 2. The van der Waals surface area contributed by atoms with Crippen molar-refractivity contribution in [3.63, 3.8) is 0 Å². The van der Waals surface area contributed by atoms with Gasteiger partial charge in [-0.1, -0.05) is 53.3 Å². The third-order valence-electron chi connectivity index (χ3n) is 4.06. The van der Waals surface area contributed by atoms with E-state index in [9.17, 15) is 4.79 Å². The highest BCUT2D eigenvalue weighted by Crippen LogP contribution is 2.26. The van der Waals surface area contributed by atoms with Gasteiger partial charge >= 0.3 is 0 Å². The van der Waals surface area contributed by atoms with Crippen LogP contribution >= 0.6 is 22.9 Å². The first-order valence-electron chi connectivity index (χ1n) is 8.28. The van der Waals surface area contributed by atoms with E-state index < -0.39 is 0 Å². The largest absolute Gasteiger partial charge is 0.457 e. The van der Waals surface area contributed by atoms with E-state index in [1.54, 1.807) is 18.2 Å². The molecule has 27 heavy (non-hydrogen) atoms. The number of amides is 1. The van der Waals surface area contributed by atoms with Crippen molar-refractivity contribution in [1.82, 2.24) is 4.57 Å². The molecule has 1 heterocycles. The second-order valence-electron chi connectivity index (χ2n) is 5.88. The minimum absolute atomic E-state index is 0.352. The molecule has 134 valence electrons. The Morgan fingerprint density at radius 2 is 1.78 bits per heavy atom. The van der Waals surface area contributed by atoms with Gasteiger partial charge in [-0.25, -0.2) is 0 Å². The summed E-state index contributed by atoms with van der Waals surface area (Å²) in [6, 6.07) is 22.1. The highest BCUT2D eigenvalue weighted by Gasteiger charge is 2.13. The standard InChI is InChI=1S/C21H15ClN2O2S/c1-24-17-12-11-14(22)13-19(17)27-21(24)23-20(25)16-9-5-6-10-18(16)26-15-7-3-2-4-8-15/h2-13H,1H3. The number of halogens is 1. The normalized spacial score (nSPS) is 11.7. The Bertz CT molecular complexity index is 1200. The number of hydrogen-bond donors (Lipinski definition) is 0. The fraction of sp³-hybridized carbons (Fsp3) is 0.0476. The van der Waals surface area contributed by atoms with Crippen LogP contribution in [0.5, 0.6) is 11.5 Å². The first-order chi connectivity index (χ1) is 13.1. The van der Waals surface area contributed by atoms with E-state index in [-0.39, 0.29) is 5.91 Å². The van der Waals surface area contributed by atoms with E-state index in [0.717, 1.165) is 10.2 Å². The smallest absolute Gasteiger partial charge is 0.283 e. The minimum atomic E-state index is -0.352. The summed E-state index contributed by atoms with van der Waals surface area (Å²) in [7, 11) is 1.88. The quantitative estimate of drug-likeness (QED) is 0.465. The van der Waals surface area contributed by atoms with Gasteiger partial charge in [0.1, 0.15) is 11.5 Å². The van der Waals surface area contributed by atoms with Crippen molar-refractivity contribution < 1.29 is 9.53 Å². The van der Waals surface area contributed by atoms with Crippen molar-refractivity contribution in [3.8, 4) is 11.5 Å². The number of aryl methyl sites for hydroxylation is 1. The predicted octanol–water partition coefficient (Wildman–Crippen LogP) is 5.43. The third kappa shape index (κ3) is 3.65. The van der Waals surface area contributed by atoms with E-state index >= 15 is 0 Å². The van der Waals surface area contributed by atoms with Crippen molar-refractivity contribution in [2.45, 2.75) is 0 Å². The Morgan fingerprint density at radius 1 is 1.04 bits per heavy atom. The highest BCUT2D eigenvalue weighted by atomic mass is 35.5. The van der Waals surface area contributed by atoms with Crippen LogP contribution in [0.3, 0.4) is 0 Å². The van der Waals surface area contributed by atoms with E-state index in [0.29, 0.717) is 26.9 Å². The molecule has 0 radical (unpaired) electrons. The van der Waals surface area contributed by atoms with Crippen LogP contribution in [0, 0.1) is 0 Å². The molecule has 0 fully saturated rings. The van der Waals surface area contributed by atoms with Gasteiger partial charge < -0.3 is 9.30 Å². The van der Waals surface area contributed by atoms with Crippen LogP contribution in [-0.4, -0.2) is 10.5 Å². The number of rotatable bonds is 3. The van der Waals surface area contributed by atoms with Gasteiger partial charge in [-0.05, 0) is 42.5 Å². The van der Waals surface area contributed by atoms with Gasteiger partial charge in [0.15, 0.2) is 4.80 Å². The maximum atomic E-state index is 12.8. The number of aromatic nitrogens is 1. The van der Waals surface area contributed by atoms with Crippen LogP contribution in [0.25, 0.3) is 10.2 Å². The van der Waals surface area contributed by atoms with Crippen LogP contribution in [0.4, 0.5) is 0 Å². The van der Waals surface area contributed by atoms with Gasteiger partial charge in [0, 0.05) is 12.1 Å². The molecule has 0 aliphatic heterocycles. The molecule has 4 aromatic rings. The molecule has 0 N–H and O–H groups in total. The van der Waals surface area contributed by atoms with Gasteiger partial charge in [0.05, 0.1) is 15.8 Å². The monoisotopic (exact) mass is 394 g/mol. The summed E-state index contributed by atoms with van der Waals surface area (Å²) in [4.78, 5) is 17.8. The maximum Gasteiger partial charge on any atom is 0.283 e. The Labute approximate surface area is 165 Å². The zero-order valence-corrected chi connectivity index (χ0v) is 16.0. The van der Waals surface area contributed by atoms with Crippen LogP contribution in [0.1, 0.15) is 10.4 Å². The highest BCUT2D eigenvalue weighted by molar-refractivity contribution is 7.16. The molecule has 0 spiro atoms. The molecular weight excluding hydrogens is 380 g/mol. The zero-order chi connectivity index (χ0) is 18.8. The number of ether oxygens (including phenoxy) is 1. The Morgan fingerprint density at radius 3 is 2.59 bits per heavy atom. The van der Waals surface area contributed by atoms with Crippen molar-refractivity contribution in [1.29, 1.82) is 0 Å². The molecule has 1 amide bonds. The number of carbonyl (C=O) groups excluding carboxylic acids is 1. The van der Waals surface area contributed by atoms with Crippen LogP contribution < -0.4 is 9.54 Å². The zero-order valence-electron chi connectivity index (χ0n) is 14.4. The van der Waals surface area contributed by atoms with Crippen LogP contribution in [0.15, 0.2) is 77.8 Å². The van der Waals surface area contributed by atoms with Crippen LogP contribution in [-0.2, 0) is 7.05 Å². The first kappa shape index (κ1) is 17.5.